The van der Waals surface area contributed by atoms with Gasteiger partial charge in [-0.1, -0.05) is 38.1 Å². The zero-order valence-corrected chi connectivity index (χ0v) is 10.6. The number of alkyl halides is 3. The van der Waals surface area contributed by atoms with Gasteiger partial charge in [-0.3, -0.25) is 0 Å². The van der Waals surface area contributed by atoms with Gasteiger partial charge < -0.3 is 10.1 Å². The highest BCUT2D eigenvalue weighted by Crippen LogP contribution is 2.17. The molecule has 0 atom stereocenters. The Balaban J connectivity index is 2.53. The van der Waals surface area contributed by atoms with Gasteiger partial charge in [0.2, 0.25) is 0 Å². The van der Waals surface area contributed by atoms with E-state index in [0.717, 1.165) is 11.1 Å². The maximum atomic E-state index is 12.0. The maximum absolute atomic E-state index is 12.0. The molecule has 0 radical (unpaired) electrons. The molecule has 5 heteroatoms. The third kappa shape index (κ3) is 6.02. The molecule has 0 aliphatic carbocycles. The number of ether oxygens (including phenoxy) is 1. The molecule has 0 aliphatic rings. The summed E-state index contributed by atoms with van der Waals surface area (Å²) < 4.78 is 40.6. The zero-order chi connectivity index (χ0) is 13.6. The van der Waals surface area contributed by atoms with Crippen molar-refractivity contribution in [1.82, 2.24) is 5.32 Å². The van der Waals surface area contributed by atoms with Gasteiger partial charge in [0.25, 0.3) is 0 Å². The Hall–Kier alpha value is -1.07. The van der Waals surface area contributed by atoms with Gasteiger partial charge in [-0.2, -0.15) is 13.2 Å². The van der Waals surface area contributed by atoms with E-state index in [1.165, 1.54) is 0 Å². The van der Waals surface area contributed by atoms with E-state index in [1.807, 2.05) is 26.0 Å². The topological polar surface area (TPSA) is 21.3 Å². The molecule has 1 aromatic carbocycles. The minimum absolute atomic E-state index is 0.0184. The minimum Gasteiger partial charge on any atom is -0.367 e. The summed E-state index contributed by atoms with van der Waals surface area (Å²) >= 11 is 0. The molecule has 2 nitrogen and oxygen atoms in total. The van der Waals surface area contributed by atoms with Crippen LogP contribution in [-0.4, -0.2) is 18.8 Å². The van der Waals surface area contributed by atoms with Crippen molar-refractivity contribution in [2.45, 2.75) is 39.2 Å². The number of benzene rings is 1. The first-order valence-electron chi connectivity index (χ1n) is 5.83. The van der Waals surface area contributed by atoms with Crippen LogP contribution in [0.1, 0.15) is 25.0 Å². The first kappa shape index (κ1) is 15.0. The average molecular weight is 261 g/mol. The van der Waals surface area contributed by atoms with E-state index in [-0.39, 0.29) is 6.61 Å². The molecule has 0 amide bonds. The smallest absolute Gasteiger partial charge is 0.367 e. The van der Waals surface area contributed by atoms with Gasteiger partial charge in [0.05, 0.1) is 6.61 Å². The van der Waals surface area contributed by atoms with Gasteiger partial charge in [0, 0.05) is 12.6 Å². The van der Waals surface area contributed by atoms with Crippen LogP contribution in [0.4, 0.5) is 13.2 Å². The quantitative estimate of drug-likeness (QED) is 0.848. The number of hydrogen-bond acceptors (Lipinski definition) is 2. The fraction of sp³-hybridized carbons (Fsp3) is 0.538. The summed E-state index contributed by atoms with van der Waals surface area (Å²) in [5, 5.41) is 3.23. The predicted octanol–water partition coefficient (Wildman–Crippen LogP) is 3.26. The number of rotatable bonds is 6. The molecule has 0 aromatic heterocycles. The molecular weight excluding hydrogens is 243 g/mol. The SMILES string of the molecule is CC(C)NCc1ccccc1COCC(F)(F)F. The lowest BCUT2D eigenvalue weighted by Crippen LogP contribution is -2.23. The average Bonchev–Trinajstić information content (AvgIpc) is 2.26. The Morgan fingerprint density at radius 2 is 1.78 bits per heavy atom. The van der Waals surface area contributed by atoms with Crippen LogP contribution in [0.15, 0.2) is 24.3 Å². The second-order valence-corrected chi connectivity index (χ2v) is 4.41. The number of halogens is 3. The largest absolute Gasteiger partial charge is 0.411 e. The number of hydrogen-bond donors (Lipinski definition) is 1. The molecule has 0 fully saturated rings. The van der Waals surface area contributed by atoms with E-state index >= 15 is 0 Å². The van der Waals surface area contributed by atoms with Crippen molar-refractivity contribution in [2.75, 3.05) is 6.61 Å². The van der Waals surface area contributed by atoms with Crippen molar-refractivity contribution in [3.63, 3.8) is 0 Å². The van der Waals surface area contributed by atoms with Crippen LogP contribution in [-0.2, 0) is 17.9 Å². The lowest BCUT2D eigenvalue weighted by atomic mass is 10.1. The van der Waals surface area contributed by atoms with E-state index in [4.69, 9.17) is 0 Å². The van der Waals surface area contributed by atoms with Gasteiger partial charge in [-0.25, -0.2) is 0 Å². The molecule has 18 heavy (non-hydrogen) atoms. The van der Waals surface area contributed by atoms with E-state index in [2.05, 4.69) is 10.1 Å². The van der Waals surface area contributed by atoms with Crippen LogP contribution in [0.25, 0.3) is 0 Å². The lowest BCUT2D eigenvalue weighted by molar-refractivity contribution is -0.176. The summed E-state index contributed by atoms with van der Waals surface area (Å²) in [4.78, 5) is 0. The molecule has 1 aromatic rings. The summed E-state index contributed by atoms with van der Waals surface area (Å²) in [6.45, 7) is 3.43. The maximum Gasteiger partial charge on any atom is 0.411 e. The summed E-state index contributed by atoms with van der Waals surface area (Å²) in [6.07, 6.45) is -4.27. The Kier molecular flexibility index (Phi) is 5.62. The predicted molar refractivity (Wildman–Crippen MR) is 64.1 cm³/mol. The molecule has 102 valence electrons. The lowest BCUT2D eigenvalue weighted by Gasteiger charge is -2.13. The van der Waals surface area contributed by atoms with E-state index in [0.29, 0.717) is 12.6 Å². The third-order valence-electron chi connectivity index (χ3n) is 2.34. The summed E-state index contributed by atoms with van der Waals surface area (Å²) in [7, 11) is 0. The van der Waals surface area contributed by atoms with Crippen LogP contribution in [0.2, 0.25) is 0 Å². The van der Waals surface area contributed by atoms with Crippen molar-refractivity contribution in [3.05, 3.63) is 35.4 Å². The first-order valence-corrected chi connectivity index (χ1v) is 5.83. The molecule has 0 spiro atoms. The Morgan fingerprint density at radius 1 is 1.17 bits per heavy atom. The van der Waals surface area contributed by atoms with E-state index in [9.17, 15) is 13.2 Å². The summed E-state index contributed by atoms with van der Waals surface area (Å²) in [6, 6.07) is 7.67. The fourth-order valence-corrected chi connectivity index (χ4v) is 1.46. The zero-order valence-electron chi connectivity index (χ0n) is 10.6. The second-order valence-electron chi connectivity index (χ2n) is 4.41. The monoisotopic (exact) mass is 261 g/mol. The summed E-state index contributed by atoms with van der Waals surface area (Å²) in [5.74, 6) is 0. The molecular formula is C13H18F3NO. The highest BCUT2D eigenvalue weighted by molar-refractivity contribution is 5.26. The van der Waals surface area contributed by atoms with Gasteiger partial charge >= 0.3 is 6.18 Å². The molecule has 0 saturated carbocycles. The van der Waals surface area contributed by atoms with Gasteiger partial charge in [0.1, 0.15) is 6.61 Å². The van der Waals surface area contributed by atoms with Crippen LogP contribution < -0.4 is 5.32 Å². The molecule has 1 rings (SSSR count). The standard InChI is InChI=1S/C13H18F3NO/c1-10(2)17-7-11-5-3-4-6-12(11)8-18-9-13(14,15)16/h3-6,10,17H,7-9H2,1-2H3. The molecule has 0 bridgehead atoms. The van der Waals surface area contributed by atoms with Gasteiger partial charge in [0.15, 0.2) is 0 Å². The fourth-order valence-electron chi connectivity index (χ4n) is 1.46. The Bertz CT molecular complexity index is 363. The number of nitrogens with one attached hydrogen (secondary N) is 1. The molecule has 0 heterocycles. The van der Waals surface area contributed by atoms with Crippen molar-refractivity contribution < 1.29 is 17.9 Å². The molecule has 0 aliphatic heterocycles. The molecule has 0 saturated heterocycles. The third-order valence-corrected chi connectivity index (χ3v) is 2.34. The first-order chi connectivity index (χ1) is 8.38. The van der Waals surface area contributed by atoms with Crippen molar-refractivity contribution in [1.29, 1.82) is 0 Å². The van der Waals surface area contributed by atoms with E-state index < -0.39 is 12.8 Å². The molecule has 1 N–H and O–H groups in total. The summed E-state index contributed by atoms with van der Waals surface area (Å²) in [5.41, 5.74) is 1.75. The van der Waals surface area contributed by atoms with Crippen LogP contribution >= 0.6 is 0 Å². The van der Waals surface area contributed by atoms with Crippen molar-refractivity contribution >= 4 is 0 Å². The minimum atomic E-state index is -4.27. The molecule has 0 unspecified atom stereocenters. The van der Waals surface area contributed by atoms with Crippen molar-refractivity contribution in [2.24, 2.45) is 0 Å². The van der Waals surface area contributed by atoms with Crippen LogP contribution in [0.3, 0.4) is 0 Å². The van der Waals surface area contributed by atoms with Gasteiger partial charge in [-0.05, 0) is 11.1 Å². The van der Waals surface area contributed by atoms with Crippen LogP contribution in [0.5, 0.6) is 0 Å². The van der Waals surface area contributed by atoms with Gasteiger partial charge in [-0.15, -0.1) is 0 Å². The Morgan fingerprint density at radius 3 is 2.33 bits per heavy atom. The second kappa shape index (κ2) is 6.75. The highest BCUT2D eigenvalue weighted by Gasteiger charge is 2.27. The van der Waals surface area contributed by atoms with Crippen LogP contribution in [0, 0.1) is 0 Å². The van der Waals surface area contributed by atoms with Crippen molar-refractivity contribution in [3.8, 4) is 0 Å². The van der Waals surface area contributed by atoms with E-state index in [1.54, 1.807) is 12.1 Å². The normalized spacial score (nSPS) is 12.1. The Labute approximate surface area is 105 Å². The highest BCUT2D eigenvalue weighted by atomic mass is 19.4.